The van der Waals surface area contributed by atoms with Gasteiger partial charge in [-0.15, -0.1) is 0 Å². The van der Waals surface area contributed by atoms with Gasteiger partial charge in [-0.1, -0.05) is 62.9 Å². The third-order valence-corrected chi connectivity index (χ3v) is 5.78. The molecular formula is C19H28. The van der Waals surface area contributed by atoms with Crippen LogP contribution in [-0.2, 0) is 6.42 Å². The Morgan fingerprint density at radius 3 is 2.05 bits per heavy atom. The quantitative estimate of drug-likeness (QED) is 0.644. The molecule has 0 spiro atoms. The Morgan fingerprint density at radius 1 is 0.895 bits per heavy atom. The van der Waals surface area contributed by atoms with E-state index >= 15 is 0 Å². The number of benzene rings is 1. The van der Waals surface area contributed by atoms with Crippen molar-refractivity contribution in [1.29, 1.82) is 0 Å². The second kappa shape index (κ2) is 5.69. The molecule has 2 saturated carbocycles. The summed E-state index contributed by atoms with van der Waals surface area (Å²) in [5.41, 5.74) is 2.09. The highest BCUT2D eigenvalue weighted by Crippen LogP contribution is 2.46. The van der Waals surface area contributed by atoms with Gasteiger partial charge in [0.25, 0.3) is 0 Å². The number of rotatable bonds is 2. The predicted molar refractivity (Wildman–Crippen MR) is 82.2 cm³/mol. The van der Waals surface area contributed by atoms with E-state index in [9.17, 15) is 0 Å². The first-order valence-corrected chi connectivity index (χ1v) is 8.29. The van der Waals surface area contributed by atoms with E-state index in [-0.39, 0.29) is 0 Å². The monoisotopic (exact) mass is 256 g/mol. The van der Waals surface area contributed by atoms with Crippen molar-refractivity contribution in [1.82, 2.24) is 0 Å². The summed E-state index contributed by atoms with van der Waals surface area (Å²) in [6.45, 7) is 2.54. The molecule has 0 nitrogen and oxygen atoms in total. The fourth-order valence-corrected chi connectivity index (χ4v) is 4.50. The zero-order valence-corrected chi connectivity index (χ0v) is 12.4. The minimum Gasteiger partial charge on any atom is -0.0622 e. The lowest BCUT2D eigenvalue weighted by atomic mass is 9.77. The van der Waals surface area contributed by atoms with E-state index in [0.29, 0.717) is 5.41 Å². The van der Waals surface area contributed by atoms with E-state index in [2.05, 4.69) is 37.3 Å². The topological polar surface area (TPSA) is 0 Å². The summed E-state index contributed by atoms with van der Waals surface area (Å²) in [4.78, 5) is 0. The fourth-order valence-electron chi connectivity index (χ4n) is 4.50. The third kappa shape index (κ3) is 3.22. The molecule has 2 aliphatic rings. The van der Waals surface area contributed by atoms with Gasteiger partial charge in [0.2, 0.25) is 0 Å². The number of hydrogen-bond acceptors (Lipinski definition) is 0. The Balaban J connectivity index is 1.67. The lowest BCUT2D eigenvalue weighted by molar-refractivity contribution is 0.224. The second-order valence-electron chi connectivity index (χ2n) is 7.36. The Labute approximate surface area is 118 Å². The molecule has 104 valence electrons. The first-order chi connectivity index (χ1) is 9.25. The molecule has 3 rings (SSSR count). The average Bonchev–Trinajstić information content (AvgIpc) is 2.61. The van der Waals surface area contributed by atoms with Crippen LogP contribution < -0.4 is 0 Å². The van der Waals surface area contributed by atoms with Crippen LogP contribution in [-0.4, -0.2) is 0 Å². The van der Waals surface area contributed by atoms with Crippen LogP contribution in [0.5, 0.6) is 0 Å². The van der Waals surface area contributed by atoms with Crippen LogP contribution in [0, 0.1) is 17.3 Å². The van der Waals surface area contributed by atoms with Gasteiger partial charge in [-0.3, -0.25) is 0 Å². The first kappa shape index (κ1) is 13.2. The van der Waals surface area contributed by atoms with Gasteiger partial charge in [-0.25, -0.2) is 0 Å². The summed E-state index contributed by atoms with van der Waals surface area (Å²) >= 11 is 0. The van der Waals surface area contributed by atoms with E-state index in [1.54, 1.807) is 0 Å². The molecule has 2 unspecified atom stereocenters. The molecule has 0 aromatic heterocycles. The lowest BCUT2D eigenvalue weighted by Gasteiger charge is -2.29. The molecule has 0 heterocycles. The SMILES string of the molecule is CC1(Cc2ccccc2)CCC2CCCCC2CC1. The van der Waals surface area contributed by atoms with Crippen LogP contribution in [0.15, 0.2) is 30.3 Å². The van der Waals surface area contributed by atoms with Crippen LogP contribution in [0.3, 0.4) is 0 Å². The summed E-state index contributed by atoms with van der Waals surface area (Å²) < 4.78 is 0. The van der Waals surface area contributed by atoms with Crippen LogP contribution >= 0.6 is 0 Å². The molecule has 2 aliphatic carbocycles. The normalized spacial score (nSPS) is 35.4. The van der Waals surface area contributed by atoms with Gasteiger partial charge in [0.05, 0.1) is 0 Å². The molecule has 0 bridgehead atoms. The average molecular weight is 256 g/mol. The van der Waals surface area contributed by atoms with E-state index < -0.39 is 0 Å². The maximum atomic E-state index is 2.54. The summed E-state index contributed by atoms with van der Waals surface area (Å²) in [5, 5.41) is 0. The molecule has 19 heavy (non-hydrogen) atoms. The van der Waals surface area contributed by atoms with Crippen molar-refractivity contribution in [3.8, 4) is 0 Å². The van der Waals surface area contributed by atoms with Crippen molar-refractivity contribution >= 4 is 0 Å². The highest BCUT2D eigenvalue weighted by atomic mass is 14.4. The molecule has 1 aromatic rings. The van der Waals surface area contributed by atoms with E-state index in [1.807, 2.05) is 0 Å². The van der Waals surface area contributed by atoms with Gasteiger partial charge >= 0.3 is 0 Å². The molecule has 0 saturated heterocycles. The molecular weight excluding hydrogens is 228 g/mol. The van der Waals surface area contributed by atoms with Gasteiger partial charge in [-0.2, -0.15) is 0 Å². The molecule has 0 radical (unpaired) electrons. The smallest absolute Gasteiger partial charge is 0.0225 e. The Kier molecular flexibility index (Phi) is 3.96. The molecule has 0 heteroatoms. The standard InChI is InChI=1S/C19H28/c1-19(15-16-7-3-2-4-8-16)13-11-17-9-5-6-10-18(17)12-14-19/h2-4,7-8,17-18H,5-6,9-15H2,1H3. The van der Waals surface area contributed by atoms with Crippen molar-refractivity contribution in [2.45, 2.75) is 64.7 Å². The van der Waals surface area contributed by atoms with Crippen LogP contribution in [0.25, 0.3) is 0 Å². The molecule has 0 amide bonds. The van der Waals surface area contributed by atoms with Crippen LogP contribution in [0.2, 0.25) is 0 Å². The van der Waals surface area contributed by atoms with Gasteiger partial charge in [0.15, 0.2) is 0 Å². The zero-order valence-electron chi connectivity index (χ0n) is 12.4. The summed E-state index contributed by atoms with van der Waals surface area (Å²) in [6, 6.07) is 11.1. The lowest BCUT2D eigenvalue weighted by Crippen LogP contribution is -2.18. The third-order valence-electron chi connectivity index (χ3n) is 5.78. The minimum atomic E-state index is 0.554. The van der Waals surface area contributed by atoms with Crippen LogP contribution in [0.1, 0.15) is 63.9 Å². The van der Waals surface area contributed by atoms with E-state index in [0.717, 1.165) is 11.8 Å². The molecule has 0 aliphatic heterocycles. The molecule has 2 fully saturated rings. The number of hydrogen-bond donors (Lipinski definition) is 0. The van der Waals surface area contributed by atoms with Gasteiger partial charge in [0, 0.05) is 0 Å². The molecule has 1 aromatic carbocycles. The summed E-state index contributed by atoms with van der Waals surface area (Å²) in [6.07, 6.45) is 13.2. The maximum Gasteiger partial charge on any atom is -0.0225 e. The zero-order chi connectivity index (χ0) is 13.1. The van der Waals surface area contributed by atoms with Crippen molar-refractivity contribution < 1.29 is 0 Å². The molecule has 0 N–H and O–H groups in total. The van der Waals surface area contributed by atoms with Gasteiger partial charge in [-0.05, 0) is 54.9 Å². The van der Waals surface area contributed by atoms with Crippen molar-refractivity contribution in [3.05, 3.63) is 35.9 Å². The van der Waals surface area contributed by atoms with Crippen LogP contribution in [0.4, 0.5) is 0 Å². The van der Waals surface area contributed by atoms with E-state index in [1.165, 1.54) is 63.4 Å². The Morgan fingerprint density at radius 2 is 1.47 bits per heavy atom. The number of fused-ring (bicyclic) bond motifs is 1. The summed E-state index contributed by atoms with van der Waals surface area (Å²) in [5.74, 6) is 2.12. The fraction of sp³-hybridized carbons (Fsp3) is 0.684. The van der Waals surface area contributed by atoms with E-state index in [4.69, 9.17) is 0 Å². The summed E-state index contributed by atoms with van der Waals surface area (Å²) in [7, 11) is 0. The highest BCUT2D eigenvalue weighted by molar-refractivity contribution is 5.16. The second-order valence-corrected chi connectivity index (χ2v) is 7.36. The molecule has 2 atom stereocenters. The van der Waals surface area contributed by atoms with Crippen molar-refractivity contribution in [3.63, 3.8) is 0 Å². The minimum absolute atomic E-state index is 0.554. The maximum absolute atomic E-state index is 2.54. The van der Waals surface area contributed by atoms with Gasteiger partial charge in [0.1, 0.15) is 0 Å². The van der Waals surface area contributed by atoms with Gasteiger partial charge < -0.3 is 0 Å². The van der Waals surface area contributed by atoms with Crippen molar-refractivity contribution in [2.24, 2.45) is 17.3 Å². The Hall–Kier alpha value is -0.780. The largest absolute Gasteiger partial charge is 0.0622 e. The predicted octanol–water partition coefficient (Wildman–Crippen LogP) is 5.62. The highest BCUT2D eigenvalue weighted by Gasteiger charge is 2.34. The Bertz CT molecular complexity index is 376. The first-order valence-electron chi connectivity index (χ1n) is 8.29. The van der Waals surface area contributed by atoms with Crippen molar-refractivity contribution in [2.75, 3.05) is 0 Å².